The van der Waals surface area contributed by atoms with E-state index in [1.165, 1.54) is 11.3 Å². The number of hydrogen-bond donors (Lipinski definition) is 1. The van der Waals surface area contributed by atoms with Crippen LogP contribution < -0.4 is 10.2 Å². The van der Waals surface area contributed by atoms with Crippen LogP contribution >= 0.6 is 0 Å². The zero-order valence-electron chi connectivity index (χ0n) is 11.7. The fourth-order valence-electron chi connectivity index (χ4n) is 2.52. The molecule has 1 N–H and O–H groups in total. The number of methoxy groups -OCH3 is 1. The normalized spacial score (nSPS) is 18.3. The molecule has 0 saturated carbocycles. The molecule has 0 spiro atoms. The summed E-state index contributed by atoms with van der Waals surface area (Å²) in [5.41, 5.74) is 2.90. The van der Waals surface area contributed by atoms with Gasteiger partial charge >= 0.3 is 0 Å². The molecule has 100 valence electrons. The van der Waals surface area contributed by atoms with Gasteiger partial charge in [0.1, 0.15) is 0 Å². The van der Waals surface area contributed by atoms with E-state index in [2.05, 4.69) is 48.3 Å². The number of para-hydroxylation sites is 1. The summed E-state index contributed by atoms with van der Waals surface area (Å²) in [5.74, 6) is 0. The van der Waals surface area contributed by atoms with E-state index in [4.69, 9.17) is 4.74 Å². The highest BCUT2D eigenvalue weighted by molar-refractivity contribution is 5.55. The molecule has 18 heavy (non-hydrogen) atoms. The Balaban J connectivity index is 2.17. The fraction of sp³-hybridized carbons (Fsp3) is 0.600. The Bertz CT molecular complexity index is 390. The summed E-state index contributed by atoms with van der Waals surface area (Å²) in [4.78, 5) is 2.48. The smallest absolute Gasteiger partial charge is 0.0479 e. The standard InChI is InChI=1S/C15H24N2O/c1-15(2)12-17(9-6-10-18-3)14-8-5-4-7-13(14)11-16-15/h4-5,7-8,16H,6,9-12H2,1-3H3. The Hall–Kier alpha value is -1.06. The van der Waals surface area contributed by atoms with Crippen LogP contribution in [0.3, 0.4) is 0 Å². The van der Waals surface area contributed by atoms with Gasteiger partial charge in [0.15, 0.2) is 0 Å². The van der Waals surface area contributed by atoms with Gasteiger partial charge in [-0.25, -0.2) is 0 Å². The van der Waals surface area contributed by atoms with E-state index in [9.17, 15) is 0 Å². The monoisotopic (exact) mass is 248 g/mol. The summed E-state index contributed by atoms with van der Waals surface area (Å²) in [6.07, 6.45) is 1.07. The molecule has 1 aliphatic rings. The highest BCUT2D eigenvalue weighted by atomic mass is 16.5. The quantitative estimate of drug-likeness (QED) is 0.828. The maximum absolute atomic E-state index is 5.16. The Morgan fingerprint density at radius 3 is 2.89 bits per heavy atom. The highest BCUT2D eigenvalue weighted by Gasteiger charge is 2.26. The molecule has 0 saturated heterocycles. The van der Waals surface area contributed by atoms with E-state index < -0.39 is 0 Å². The number of hydrogen-bond acceptors (Lipinski definition) is 3. The third-order valence-corrected chi connectivity index (χ3v) is 3.45. The lowest BCUT2D eigenvalue weighted by atomic mass is 10.1. The van der Waals surface area contributed by atoms with Gasteiger partial charge in [-0.2, -0.15) is 0 Å². The van der Waals surface area contributed by atoms with E-state index in [-0.39, 0.29) is 5.54 Å². The fourth-order valence-corrected chi connectivity index (χ4v) is 2.52. The van der Waals surface area contributed by atoms with Crippen LogP contribution in [0.1, 0.15) is 25.8 Å². The first kappa shape index (κ1) is 13.4. The Kier molecular flexibility index (Phi) is 4.25. The van der Waals surface area contributed by atoms with Crippen molar-refractivity contribution in [3.05, 3.63) is 29.8 Å². The van der Waals surface area contributed by atoms with E-state index in [1.54, 1.807) is 7.11 Å². The molecule has 0 amide bonds. The molecule has 1 heterocycles. The predicted molar refractivity (Wildman–Crippen MR) is 76.1 cm³/mol. The van der Waals surface area contributed by atoms with Crippen LogP contribution in [0, 0.1) is 0 Å². The lowest BCUT2D eigenvalue weighted by Gasteiger charge is -2.32. The lowest BCUT2D eigenvalue weighted by Crippen LogP contribution is -2.47. The van der Waals surface area contributed by atoms with Crippen molar-refractivity contribution < 1.29 is 4.74 Å². The molecule has 0 aromatic heterocycles. The van der Waals surface area contributed by atoms with Crippen molar-refractivity contribution in [3.63, 3.8) is 0 Å². The number of ether oxygens (including phenoxy) is 1. The first-order valence-electron chi connectivity index (χ1n) is 6.69. The molecule has 0 unspecified atom stereocenters. The van der Waals surface area contributed by atoms with Crippen molar-refractivity contribution in [1.29, 1.82) is 0 Å². The molecule has 0 radical (unpaired) electrons. The van der Waals surface area contributed by atoms with Crippen LogP contribution in [0.5, 0.6) is 0 Å². The Labute approximate surface area is 110 Å². The second kappa shape index (κ2) is 5.72. The lowest BCUT2D eigenvalue weighted by molar-refractivity contribution is 0.195. The maximum atomic E-state index is 5.16. The molecular weight excluding hydrogens is 224 g/mol. The number of nitrogens with one attached hydrogen (secondary N) is 1. The van der Waals surface area contributed by atoms with Crippen LogP contribution in [-0.4, -0.2) is 32.3 Å². The number of nitrogens with zero attached hydrogens (tertiary/aromatic N) is 1. The van der Waals surface area contributed by atoms with Gasteiger partial charge in [-0.15, -0.1) is 0 Å². The van der Waals surface area contributed by atoms with E-state index in [0.29, 0.717) is 0 Å². The van der Waals surface area contributed by atoms with Crippen LogP contribution in [0.2, 0.25) is 0 Å². The second-order valence-corrected chi connectivity index (χ2v) is 5.63. The average molecular weight is 248 g/mol. The molecular formula is C15H24N2O. The van der Waals surface area contributed by atoms with Crippen LogP contribution in [-0.2, 0) is 11.3 Å². The van der Waals surface area contributed by atoms with E-state index in [0.717, 1.165) is 32.7 Å². The summed E-state index contributed by atoms with van der Waals surface area (Å²) >= 11 is 0. The minimum Gasteiger partial charge on any atom is -0.385 e. The molecule has 2 rings (SSSR count). The van der Waals surface area contributed by atoms with Crippen molar-refractivity contribution in [2.45, 2.75) is 32.4 Å². The van der Waals surface area contributed by atoms with Crippen molar-refractivity contribution in [3.8, 4) is 0 Å². The Morgan fingerprint density at radius 2 is 2.11 bits per heavy atom. The van der Waals surface area contributed by atoms with Gasteiger partial charge in [-0.05, 0) is 31.9 Å². The zero-order valence-corrected chi connectivity index (χ0v) is 11.7. The summed E-state index contributed by atoms with van der Waals surface area (Å²) in [5, 5.41) is 3.62. The van der Waals surface area contributed by atoms with Crippen molar-refractivity contribution >= 4 is 5.69 Å². The number of benzene rings is 1. The van der Waals surface area contributed by atoms with Crippen LogP contribution in [0.4, 0.5) is 5.69 Å². The zero-order chi connectivity index (χ0) is 13.0. The first-order valence-corrected chi connectivity index (χ1v) is 6.69. The van der Waals surface area contributed by atoms with Gasteiger partial charge in [0.05, 0.1) is 0 Å². The molecule has 0 bridgehead atoms. The topological polar surface area (TPSA) is 24.5 Å². The first-order chi connectivity index (χ1) is 8.62. The summed E-state index contributed by atoms with van der Waals surface area (Å²) < 4.78 is 5.16. The summed E-state index contributed by atoms with van der Waals surface area (Å²) in [7, 11) is 1.77. The van der Waals surface area contributed by atoms with Gasteiger partial charge < -0.3 is 15.0 Å². The van der Waals surface area contributed by atoms with Crippen molar-refractivity contribution in [1.82, 2.24) is 5.32 Å². The second-order valence-electron chi connectivity index (χ2n) is 5.63. The molecule has 1 aromatic carbocycles. The number of anilines is 1. The Morgan fingerprint density at radius 1 is 1.33 bits per heavy atom. The molecule has 0 aliphatic carbocycles. The maximum Gasteiger partial charge on any atom is 0.0479 e. The molecule has 1 aromatic rings. The molecule has 3 heteroatoms. The highest BCUT2D eigenvalue weighted by Crippen LogP contribution is 2.26. The van der Waals surface area contributed by atoms with Gasteiger partial charge in [0, 0.05) is 44.6 Å². The van der Waals surface area contributed by atoms with Crippen molar-refractivity contribution in [2.24, 2.45) is 0 Å². The SMILES string of the molecule is COCCCN1CC(C)(C)NCc2ccccc21. The number of rotatable bonds is 4. The van der Waals surface area contributed by atoms with Gasteiger partial charge in [-0.3, -0.25) is 0 Å². The average Bonchev–Trinajstić information content (AvgIpc) is 2.48. The minimum atomic E-state index is 0.145. The van der Waals surface area contributed by atoms with E-state index in [1.807, 2.05) is 0 Å². The predicted octanol–water partition coefficient (Wildman–Crippen LogP) is 2.41. The van der Waals surface area contributed by atoms with Crippen LogP contribution in [0.15, 0.2) is 24.3 Å². The summed E-state index contributed by atoms with van der Waals surface area (Å²) in [6, 6.07) is 8.69. The molecule has 1 aliphatic heterocycles. The van der Waals surface area contributed by atoms with Gasteiger partial charge in [0.25, 0.3) is 0 Å². The molecule has 0 fully saturated rings. The minimum absolute atomic E-state index is 0.145. The van der Waals surface area contributed by atoms with Crippen LogP contribution in [0.25, 0.3) is 0 Å². The molecule has 0 atom stereocenters. The largest absolute Gasteiger partial charge is 0.385 e. The third kappa shape index (κ3) is 3.24. The number of fused-ring (bicyclic) bond motifs is 1. The van der Waals surface area contributed by atoms with Crippen molar-refractivity contribution in [2.75, 3.05) is 31.7 Å². The van der Waals surface area contributed by atoms with E-state index >= 15 is 0 Å². The third-order valence-electron chi connectivity index (χ3n) is 3.45. The van der Waals surface area contributed by atoms with Gasteiger partial charge in [-0.1, -0.05) is 18.2 Å². The summed E-state index contributed by atoms with van der Waals surface area (Å²) in [6.45, 7) is 8.39. The molecule has 3 nitrogen and oxygen atoms in total. The van der Waals surface area contributed by atoms with Gasteiger partial charge in [0.2, 0.25) is 0 Å².